The van der Waals surface area contributed by atoms with Crippen molar-refractivity contribution in [1.82, 2.24) is 20.2 Å². The lowest BCUT2D eigenvalue weighted by Gasteiger charge is -2.09. The maximum absolute atomic E-state index is 6.27. The van der Waals surface area contributed by atoms with E-state index in [0.717, 1.165) is 16.8 Å². The molecule has 0 unspecified atom stereocenters. The molecule has 0 radical (unpaired) electrons. The molecule has 1 heterocycles. The second-order valence-electron chi connectivity index (χ2n) is 4.97. The summed E-state index contributed by atoms with van der Waals surface area (Å²) in [5.74, 6) is 0.567. The number of benzene rings is 2. The Bertz CT molecular complexity index is 789. The van der Waals surface area contributed by atoms with Crippen molar-refractivity contribution in [2.45, 2.75) is 13.8 Å². The third kappa shape index (κ3) is 2.48. The normalized spacial score (nSPS) is 10.8. The summed E-state index contributed by atoms with van der Waals surface area (Å²) in [7, 11) is 0. The predicted octanol–water partition coefficient (Wildman–Crippen LogP) is 3.18. The van der Waals surface area contributed by atoms with Crippen LogP contribution in [0.4, 0.5) is 5.69 Å². The fourth-order valence-electron chi connectivity index (χ4n) is 2.32. The van der Waals surface area contributed by atoms with Crippen molar-refractivity contribution in [2.75, 3.05) is 5.73 Å². The fraction of sp³-hybridized carbons (Fsp3) is 0.133. The molecule has 0 amide bonds. The van der Waals surface area contributed by atoms with Crippen molar-refractivity contribution in [3.05, 3.63) is 52.5 Å². The predicted molar refractivity (Wildman–Crippen MR) is 83.5 cm³/mol. The molecule has 6 heteroatoms. The highest BCUT2D eigenvalue weighted by molar-refractivity contribution is 6.35. The average molecular weight is 300 g/mol. The monoisotopic (exact) mass is 299 g/mol. The molecule has 3 aromatic rings. The smallest absolute Gasteiger partial charge is 0.188 e. The van der Waals surface area contributed by atoms with Crippen LogP contribution in [0.3, 0.4) is 0 Å². The molecule has 0 aliphatic heterocycles. The van der Waals surface area contributed by atoms with Crippen molar-refractivity contribution in [1.29, 1.82) is 0 Å². The Hall–Kier alpha value is -2.40. The highest BCUT2D eigenvalue weighted by atomic mass is 35.5. The summed E-state index contributed by atoms with van der Waals surface area (Å²) < 4.78 is 1.67. The number of nitrogen functional groups attached to an aromatic ring is 1. The van der Waals surface area contributed by atoms with Crippen LogP contribution >= 0.6 is 11.6 Å². The molecule has 2 N–H and O–H groups in total. The fourth-order valence-corrected chi connectivity index (χ4v) is 2.53. The van der Waals surface area contributed by atoms with E-state index < -0.39 is 0 Å². The minimum atomic E-state index is 0.456. The van der Waals surface area contributed by atoms with Crippen molar-refractivity contribution in [3.8, 4) is 17.1 Å². The van der Waals surface area contributed by atoms with Crippen LogP contribution < -0.4 is 5.73 Å². The largest absolute Gasteiger partial charge is 0.398 e. The molecule has 0 fully saturated rings. The Morgan fingerprint density at radius 1 is 1.10 bits per heavy atom. The van der Waals surface area contributed by atoms with Crippen molar-refractivity contribution in [2.24, 2.45) is 0 Å². The summed E-state index contributed by atoms with van der Waals surface area (Å²) in [6.45, 7) is 4.07. The number of rotatable bonds is 2. The number of nitrogens with zero attached hydrogens (tertiary/aromatic N) is 4. The zero-order valence-corrected chi connectivity index (χ0v) is 12.5. The summed E-state index contributed by atoms with van der Waals surface area (Å²) in [5.41, 5.74) is 10.2. The Labute approximate surface area is 127 Å². The molecule has 0 atom stereocenters. The van der Waals surface area contributed by atoms with Gasteiger partial charge in [0, 0.05) is 5.56 Å². The second kappa shape index (κ2) is 5.18. The first-order valence-corrected chi connectivity index (χ1v) is 6.85. The topological polar surface area (TPSA) is 69.6 Å². The van der Waals surface area contributed by atoms with Crippen LogP contribution in [0.1, 0.15) is 11.1 Å². The molecule has 0 spiro atoms. The van der Waals surface area contributed by atoms with E-state index in [1.807, 2.05) is 38.1 Å². The molecule has 0 aliphatic carbocycles. The van der Waals surface area contributed by atoms with Crippen LogP contribution in [0.15, 0.2) is 36.4 Å². The number of hydrogen-bond acceptors (Lipinski definition) is 4. The summed E-state index contributed by atoms with van der Waals surface area (Å²) in [4.78, 5) is 0. The Morgan fingerprint density at radius 2 is 1.81 bits per heavy atom. The van der Waals surface area contributed by atoms with E-state index >= 15 is 0 Å². The van der Waals surface area contributed by atoms with E-state index in [-0.39, 0.29) is 0 Å². The standard InChI is InChI=1S/C15H14ClN5/c1-9-6-10(2)8-11(7-9)21-15(18-19-20-21)12-4-3-5-13(17)14(12)16/h3-8H,17H2,1-2H3. The van der Waals surface area contributed by atoms with Crippen LogP contribution in [0.2, 0.25) is 5.02 Å². The molecule has 0 bridgehead atoms. The van der Waals surface area contributed by atoms with Gasteiger partial charge in [0.05, 0.1) is 16.4 Å². The highest BCUT2D eigenvalue weighted by Crippen LogP contribution is 2.31. The summed E-state index contributed by atoms with van der Waals surface area (Å²) in [6, 6.07) is 11.6. The van der Waals surface area contributed by atoms with Crippen LogP contribution in [-0.2, 0) is 0 Å². The van der Waals surface area contributed by atoms with Gasteiger partial charge in [-0.3, -0.25) is 0 Å². The number of aromatic nitrogens is 4. The van der Waals surface area contributed by atoms with Gasteiger partial charge in [-0.1, -0.05) is 23.7 Å². The number of anilines is 1. The second-order valence-corrected chi connectivity index (χ2v) is 5.35. The number of nitrogens with two attached hydrogens (primary N) is 1. The quantitative estimate of drug-likeness (QED) is 0.738. The maximum atomic E-state index is 6.27. The van der Waals surface area contributed by atoms with E-state index in [1.54, 1.807) is 10.7 Å². The van der Waals surface area contributed by atoms with Crippen molar-refractivity contribution in [3.63, 3.8) is 0 Å². The van der Waals surface area contributed by atoms with Gasteiger partial charge in [0.25, 0.3) is 0 Å². The molecule has 1 aromatic heterocycles. The molecule has 106 valence electrons. The van der Waals surface area contributed by atoms with E-state index in [9.17, 15) is 0 Å². The van der Waals surface area contributed by atoms with Gasteiger partial charge in [0.1, 0.15) is 0 Å². The molecular formula is C15H14ClN5. The van der Waals surface area contributed by atoms with E-state index in [2.05, 4.69) is 21.6 Å². The van der Waals surface area contributed by atoms with Gasteiger partial charge in [-0.15, -0.1) is 5.10 Å². The first-order chi connectivity index (χ1) is 10.1. The van der Waals surface area contributed by atoms with Gasteiger partial charge in [-0.2, -0.15) is 4.68 Å². The van der Waals surface area contributed by atoms with Crippen LogP contribution in [0.25, 0.3) is 17.1 Å². The van der Waals surface area contributed by atoms with Gasteiger partial charge in [-0.25, -0.2) is 0 Å². The Morgan fingerprint density at radius 3 is 2.52 bits per heavy atom. The van der Waals surface area contributed by atoms with Gasteiger partial charge in [-0.05, 0) is 59.7 Å². The Balaban J connectivity index is 2.19. The average Bonchev–Trinajstić information content (AvgIpc) is 2.90. The van der Waals surface area contributed by atoms with Crippen molar-refractivity contribution < 1.29 is 0 Å². The van der Waals surface area contributed by atoms with Gasteiger partial charge < -0.3 is 5.73 Å². The van der Waals surface area contributed by atoms with E-state index in [1.165, 1.54) is 0 Å². The van der Waals surface area contributed by atoms with Crippen LogP contribution in [-0.4, -0.2) is 20.2 Å². The van der Waals surface area contributed by atoms with Gasteiger partial charge in [0.15, 0.2) is 5.82 Å². The molecular weight excluding hydrogens is 286 g/mol. The third-order valence-electron chi connectivity index (χ3n) is 3.19. The maximum Gasteiger partial charge on any atom is 0.188 e. The van der Waals surface area contributed by atoms with Gasteiger partial charge >= 0.3 is 0 Å². The summed E-state index contributed by atoms with van der Waals surface area (Å²) in [6.07, 6.45) is 0. The molecule has 2 aromatic carbocycles. The zero-order chi connectivity index (χ0) is 15.0. The first kappa shape index (κ1) is 13.6. The summed E-state index contributed by atoms with van der Waals surface area (Å²) >= 11 is 6.27. The first-order valence-electron chi connectivity index (χ1n) is 6.47. The lowest BCUT2D eigenvalue weighted by molar-refractivity contribution is 0.790. The molecule has 3 rings (SSSR count). The third-order valence-corrected chi connectivity index (χ3v) is 3.61. The minimum absolute atomic E-state index is 0.456. The number of tetrazole rings is 1. The van der Waals surface area contributed by atoms with Gasteiger partial charge in [0.2, 0.25) is 0 Å². The molecule has 21 heavy (non-hydrogen) atoms. The minimum Gasteiger partial charge on any atom is -0.398 e. The molecule has 5 nitrogen and oxygen atoms in total. The SMILES string of the molecule is Cc1cc(C)cc(-n2nnnc2-c2cccc(N)c2Cl)c1. The van der Waals surface area contributed by atoms with Crippen LogP contribution in [0.5, 0.6) is 0 Å². The highest BCUT2D eigenvalue weighted by Gasteiger charge is 2.15. The summed E-state index contributed by atoms with van der Waals surface area (Å²) in [5, 5.41) is 12.4. The molecule has 0 aliphatic rings. The number of aryl methyl sites for hydroxylation is 2. The molecule has 0 saturated carbocycles. The van der Waals surface area contributed by atoms with Crippen LogP contribution in [0, 0.1) is 13.8 Å². The molecule has 0 saturated heterocycles. The zero-order valence-electron chi connectivity index (χ0n) is 11.7. The van der Waals surface area contributed by atoms with E-state index in [4.69, 9.17) is 17.3 Å². The van der Waals surface area contributed by atoms with E-state index in [0.29, 0.717) is 22.1 Å². The number of hydrogen-bond donors (Lipinski definition) is 1. The Kier molecular flexibility index (Phi) is 3.35. The lowest BCUT2D eigenvalue weighted by Crippen LogP contribution is -2.02. The lowest BCUT2D eigenvalue weighted by atomic mass is 10.1. The number of halogens is 1. The van der Waals surface area contributed by atoms with Crippen molar-refractivity contribution >= 4 is 17.3 Å².